The van der Waals surface area contributed by atoms with E-state index in [4.69, 9.17) is 16.7 Å². The Bertz CT molecular complexity index is 420. The first-order valence-corrected chi connectivity index (χ1v) is 4.51. The average Bonchev–Trinajstić information content (AvgIpc) is 2.16. The third-order valence-electron chi connectivity index (χ3n) is 2.30. The number of amidine groups is 1. The van der Waals surface area contributed by atoms with Crippen molar-refractivity contribution in [3.05, 3.63) is 44.8 Å². The van der Waals surface area contributed by atoms with Crippen LogP contribution in [0.3, 0.4) is 0 Å². The molecular weight excluding hydrogens is 190 g/mol. The van der Waals surface area contributed by atoms with Crippen LogP contribution in [-0.2, 0) is 6.54 Å². The van der Waals surface area contributed by atoms with Crippen molar-refractivity contribution in [3.63, 3.8) is 0 Å². The Balaban J connectivity index is 3.20. The molecule has 1 aromatic carbocycles. The number of nitrogens with one attached hydrogen (secondary N) is 1. The lowest BCUT2D eigenvalue weighted by molar-refractivity contribution is 1.01. The number of benzene rings is 1. The highest BCUT2D eigenvalue weighted by atomic mass is 15.1. The smallest absolute Gasteiger partial charge is 0.122 e. The lowest BCUT2D eigenvalue weighted by Gasteiger charge is -2.09. The van der Waals surface area contributed by atoms with Crippen molar-refractivity contribution >= 4 is 5.84 Å². The van der Waals surface area contributed by atoms with Crippen molar-refractivity contribution < 1.29 is 0 Å². The highest BCUT2D eigenvalue weighted by Crippen LogP contribution is 2.17. The van der Waals surface area contributed by atoms with E-state index in [1.165, 1.54) is 0 Å². The van der Waals surface area contributed by atoms with Gasteiger partial charge in [0.15, 0.2) is 0 Å². The lowest BCUT2D eigenvalue weighted by atomic mass is 9.99. The van der Waals surface area contributed by atoms with Crippen molar-refractivity contribution in [2.24, 2.45) is 10.8 Å². The molecule has 0 aliphatic heterocycles. The number of nitrogens with zero attached hydrogens (tertiary/aromatic N) is 3. The fourth-order valence-electron chi connectivity index (χ4n) is 1.50. The first-order chi connectivity index (χ1) is 7.06. The Morgan fingerprint density at radius 3 is 2.40 bits per heavy atom. The molecule has 5 heteroatoms. The maximum Gasteiger partial charge on any atom is 0.122 e. The Hall–Kier alpha value is -2.00. The highest BCUT2D eigenvalue weighted by Gasteiger charge is 2.05. The number of hydrogen-bond acceptors (Lipinski definition) is 2. The summed E-state index contributed by atoms with van der Waals surface area (Å²) in [5.41, 5.74) is 17.3. The fourth-order valence-corrected chi connectivity index (χ4v) is 1.50. The van der Waals surface area contributed by atoms with Gasteiger partial charge in [-0.15, -0.1) is 0 Å². The third-order valence-corrected chi connectivity index (χ3v) is 2.30. The van der Waals surface area contributed by atoms with E-state index in [0.717, 1.165) is 16.7 Å². The van der Waals surface area contributed by atoms with Gasteiger partial charge in [0.25, 0.3) is 0 Å². The van der Waals surface area contributed by atoms with Gasteiger partial charge in [0.1, 0.15) is 5.84 Å². The van der Waals surface area contributed by atoms with E-state index in [0.29, 0.717) is 12.1 Å². The summed E-state index contributed by atoms with van der Waals surface area (Å²) in [5, 5.41) is 10.9. The number of hydrogen-bond donors (Lipinski definition) is 2. The molecule has 0 fully saturated rings. The van der Waals surface area contributed by atoms with Crippen LogP contribution >= 0.6 is 0 Å². The quantitative estimate of drug-likeness (QED) is 0.254. The van der Waals surface area contributed by atoms with E-state index >= 15 is 0 Å². The van der Waals surface area contributed by atoms with Crippen LogP contribution in [0.2, 0.25) is 0 Å². The summed E-state index contributed by atoms with van der Waals surface area (Å²) in [6, 6.07) is 3.66. The molecule has 0 aliphatic rings. The monoisotopic (exact) mass is 203 g/mol. The Morgan fingerprint density at radius 1 is 1.47 bits per heavy atom. The van der Waals surface area contributed by atoms with Gasteiger partial charge in [0, 0.05) is 10.5 Å². The van der Waals surface area contributed by atoms with Crippen molar-refractivity contribution in [2.45, 2.75) is 20.4 Å². The SMILES string of the molecule is Cc1cc(C(=N)N)cc(C)c1CN=[N+]=[N-]. The van der Waals surface area contributed by atoms with Crippen molar-refractivity contribution in [1.82, 2.24) is 0 Å². The summed E-state index contributed by atoms with van der Waals surface area (Å²) in [4.78, 5) is 2.73. The Kier molecular flexibility index (Phi) is 3.31. The molecule has 0 atom stereocenters. The summed E-state index contributed by atoms with van der Waals surface area (Å²) in [6.45, 7) is 4.18. The first-order valence-electron chi connectivity index (χ1n) is 4.51. The van der Waals surface area contributed by atoms with Crippen LogP contribution in [0.25, 0.3) is 10.4 Å². The van der Waals surface area contributed by atoms with Crippen molar-refractivity contribution in [2.75, 3.05) is 0 Å². The van der Waals surface area contributed by atoms with Gasteiger partial charge < -0.3 is 5.73 Å². The molecule has 0 unspecified atom stereocenters. The minimum Gasteiger partial charge on any atom is -0.384 e. The third kappa shape index (κ3) is 2.48. The Labute approximate surface area is 88.1 Å². The highest BCUT2D eigenvalue weighted by molar-refractivity contribution is 5.95. The van der Waals surface area contributed by atoms with E-state index in [9.17, 15) is 0 Å². The van der Waals surface area contributed by atoms with Gasteiger partial charge >= 0.3 is 0 Å². The van der Waals surface area contributed by atoms with Gasteiger partial charge in [0.05, 0.1) is 6.54 Å². The summed E-state index contributed by atoms with van der Waals surface area (Å²) in [6.07, 6.45) is 0. The minimum atomic E-state index is 0.0523. The molecule has 0 bridgehead atoms. The molecular formula is C10H13N5. The van der Waals surface area contributed by atoms with E-state index in [1.807, 2.05) is 26.0 Å². The summed E-state index contributed by atoms with van der Waals surface area (Å²) in [7, 11) is 0. The van der Waals surface area contributed by atoms with E-state index in [2.05, 4.69) is 10.0 Å². The van der Waals surface area contributed by atoms with Crippen molar-refractivity contribution in [3.8, 4) is 0 Å². The van der Waals surface area contributed by atoms with Crippen LogP contribution in [0.4, 0.5) is 0 Å². The molecule has 1 aromatic rings. The predicted molar refractivity (Wildman–Crippen MR) is 59.8 cm³/mol. The van der Waals surface area contributed by atoms with Gasteiger partial charge in [-0.05, 0) is 48.2 Å². The topological polar surface area (TPSA) is 98.6 Å². The second-order valence-electron chi connectivity index (χ2n) is 3.39. The fraction of sp³-hybridized carbons (Fsp3) is 0.300. The molecule has 1 rings (SSSR count). The number of aryl methyl sites for hydroxylation is 2. The Morgan fingerprint density at radius 2 is 2.00 bits per heavy atom. The average molecular weight is 203 g/mol. The van der Waals surface area contributed by atoms with Gasteiger partial charge in [-0.1, -0.05) is 5.11 Å². The van der Waals surface area contributed by atoms with Crippen LogP contribution in [0, 0.1) is 19.3 Å². The van der Waals surface area contributed by atoms with Gasteiger partial charge in [-0.25, -0.2) is 0 Å². The normalized spacial score (nSPS) is 9.47. The molecule has 15 heavy (non-hydrogen) atoms. The van der Waals surface area contributed by atoms with E-state index < -0.39 is 0 Å². The molecule has 0 radical (unpaired) electrons. The van der Waals surface area contributed by atoms with Crippen LogP contribution in [0.1, 0.15) is 22.3 Å². The molecule has 0 heterocycles. The van der Waals surface area contributed by atoms with Crippen LogP contribution in [0.15, 0.2) is 17.2 Å². The molecule has 0 aromatic heterocycles. The molecule has 0 saturated carbocycles. The maximum absolute atomic E-state index is 8.26. The molecule has 0 amide bonds. The van der Waals surface area contributed by atoms with Crippen molar-refractivity contribution in [1.29, 1.82) is 5.41 Å². The number of nitrogens with two attached hydrogens (primary N) is 1. The lowest BCUT2D eigenvalue weighted by Crippen LogP contribution is -2.12. The molecule has 0 aliphatic carbocycles. The molecule has 5 nitrogen and oxygen atoms in total. The molecule has 0 saturated heterocycles. The number of azide groups is 1. The largest absolute Gasteiger partial charge is 0.384 e. The van der Waals surface area contributed by atoms with Crippen LogP contribution in [-0.4, -0.2) is 5.84 Å². The summed E-state index contributed by atoms with van der Waals surface area (Å²) >= 11 is 0. The summed E-state index contributed by atoms with van der Waals surface area (Å²) < 4.78 is 0. The molecule has 3 N–H and O–H groups in total. The van der Waals surface area contributed by atoms with Gasteiger partial charge in [-0.2, -0.15) is 0 Å². The maximum atomic E-state index is 8.26. The number of nitrogen functional groups attached to an aromatic ring is 1. The first kappa shape index (κ1) is 11.1. The van der Waals surface area contributed by atoms with Gasteiger partial charge in [-0.3, -0.25) is 5.41 Å². The second kappa shape index (κ2) is 4.48. The zero-order valence-electron chi connectivity index (χ0n) is 8.78. The minimum absolute atomic E-state index is 0.0523. The van der Waals surface area contributed by atoms with Crippen LogP contribution < -0.4 is 5.73 Å². The molecule has 78 valence electrons. The molecule has 0 spiro atoms. The van der Waals surface area contributed by atoms with E-state index in [1.54, 1.807) is 0 Å². The zero-order valence-corrected chi connectivity index (χ0v) is 8.78. The predicted octanol–water partition coefficient (Wildman–Crippen LogP) is 2.40. The number of rotatable bonds is 3. The van der Waals surface area contributed by atoms with Crippen LogP contribution in [0.5, 0.6) is 0 Å². The second-order valence-corrected chi connectivity index (χ2v) is 3.39. The zero-order chi connectivity index (χ0) is 11.4. The van der Waals surface area contributed by atoms with Gasteiger partial charge in [0.2, 0.25) is 0 Å². The standard InChI is InChI=1S/C10H13N5/c1-6-3-8(10(11)12)4-7(2)9(6)5-14-15-13/h3-4H,5H2,1-2H3,(H3,11,12). The summed E-state index contributed by atoms with van der Waals surface area (Å²) in [5.74, 6) is 0.0523. The van der Waals surface area contributed by atoms with E-state index in [-0.39, 0.29) is 5.84 Å².